The first kappa shape index (κ1) is 15.9. The topological polar surface area (TPSA) is 29.5 Å². The molecule has 0 radical (unpaired) electrons. The zero-order chi connectivity index (χ0) is 13.0. The minimum Gasteiger partial charge on any atom is -0.396 e. The van der Waals surface area contributed by atoms with Gasteiger partial charge < -0.3 is 9.84 Å². The van der Waals surface area contributed by atoms with Crippen LogP contribution in [0, 0.1) is 17.3 Å². The van der Waals surface area contributed by atoms with Crippen LogP contribution in [-0.4, -0.2) is 24.4 Å². The van der Waals surface area contributed by atoms with Crippen molar-refractivity contribution in [1.82, 2.24) is 0 Å². The van der Waals surface area contributed by atoms with Crippen LogP contribution < -0.4 is 0 Å². The molecule has 0 aromatic carbocycles. The molecule has 0 heterocycles. The van der Waals surface area contributed by atoms with Gasteiger partial charge in [0.05, 0.1) is 12.2 Å². The lowest BCUT2D eigenvalue weighted by Crippen LogP contribution is -2.50. The summed E-state index contributed by atoms with van der Waals surface area (Å²) < 4.78 is 5.86. The fourth-order valence-electron chi connectivity index (χ4n) is 2.54. The average Bonchev–Trinajstić information content (AvgIpc) is 2.14. The monoisotopic (exact) mass is 230 g/mol. The molecule has 0 bridgehead atoms. The van der Waals surface area contributed by atoms with Gasteiger partial charge in [-0.1, -0.05) is 41.5 Å². The Labute approximate surface area is 101 Å². The maximum atomic E-state index is 9.61. The van der Waals surface area contributed by atoms with E-state index >= 15 is 0 Å². The summed E-state index contributed by atoms with van der Waals surface area (Å²) in [6.07, 6.45) is 1.99. The van der Waals surface area contributed by atoms with E-state index in [9.17, 15) is 5.11 Å². The van der Waals surface area contributed by atoms with E-state index in [1.54, 1.807) is 7.11 Å². The highest BCUT2D eigenvalue weighted by atomic mass is 16.5. The van der Waals surface area contributed by atoms with Crippen LogP contribution in [0.4, 0.5) is 0 Å². The van der Waals surface area contributed by atoms with E-state index in [1.165, 1.54) is 0 Å². The minimum absolute atomic E-state index is 0.167. The number of rotatable bonds is 7. The van der Waals surface area contributed by atoms with Gasteiger partial charge in [0.2, 0.25) is 0 Å². The Bertz CT molecular complexity index is 185. The molecule has 0 saturated carbocycles. The van der Waals surface area contributed by atoms with Crippen LogP contribution in [0.2, 0.25) is 0 Å². The fraction of sp³-hybridized carbons (Fsp3) is 1.00. The molecule has 0 spiro atoms. The van der Waals surface area contributed by atoms with Gasteiger partial charge in [-0.2, -0.15) is 0 Å². The van der Waals surface area contributed by atoms with Crippen molar-refractivity contribution in [2.24, 2.45) is 17.3 Å². The largest absolute Gasteiger partial charge is 0.396 e. The molecule has 0 aromatic rings. The zero-order valence-electron chi connectivity index (χ0n) is 12.1. The van der Waals surface area contributed by atoms with Crippen molar-refractivity contribution in [3.8, 4) is 0 Å². The first-order valence-electron chi connectivity index (χ1n) is 6.37. The van der Waals surface area contributed by atoms with Crippen LogP contribution >= 0.6 is 0 Å². The fourth-order valence-corrected chi connectivity index (χ4v) is 2.54. The van der Waals surface area contributed by atoms with E-state index in [4.69, 9.17) is 4.74 Å². The van der Waals surface area contributed by atoms with Gasteiger partial charge >= 0.3 is 0 Å². The molecule has 2 heteroatoms. The molecule has 0 amide bonds. The summed E-state index contributed by atoms with van der Waals surface area (Å²) >= 11 is 0. The molecule has 0 aliphatic rings. The van der Waals surface area contributed by atoms with Gasteiger partial charge in [0, 0.05) is 12.5 Å². The van der Waals surface area contributed by atoms with Crippen LogP contribution in [0.1, 0.15) is 54.4 Å². The molecular weight excluding hydrogens is 200 g/mol. The molecule has 2 nitrogen and oxygen atoms in total. The van der Waals surface area contributed by atoms with E-state index < -0.39 is 0 Å². The molecule has 0 fully saturated rings. The van der Waals surface area contributed by atoms with E-state index in [2.05, 4.69) is 41.5 Å². The summed E-state index contributed by atoms with van der Waals surface area (Å²) in [5.74, 6) is 1.15. The molecule has 0 aliphatic carbocycles. The molecule has 0 aliphatic heterocycles. The predicted molar refractivity (Wildman–Crippen MR) is 69.5 cm³/mol. The Kier molecular flexibility index (Phi) is 5.99. The van der Waals surface area contributed by atoms with Gasteiger partial charge in [0.15, 0.2) is 0 Å². The highest BCUT2D eigenvalue weighted by Gasteiger charge is 2.45. The Morgan fingerprint density at radius 1 is 1.00 bits per heavy atom. The highest BCUT2D eigenvalue weighted by Crippen LogP contribution is 2.43. The van der Waals surface area contributed by atoms with Gasteiger partial charge in [-0.05, 0) is 24.7 Å². The molecular formula is C14H30O2. The summed E-state index contributed by atoms with van der Waals surface area (Å²) in [6.45, 7) is 13.2. The molecule has 0 rings (SSSR count). The SMILES string of the molecule is COC(CC(C)C)(CC(C)C)C(C)(C)CO. The third-order valence-corrected chi connectivity index (χ3v) is 3.50. The quantitative estimate of drug-likeness (QED) is 0.725. The van der Waals surface area contributed by atoms with Crippen molar-refractivity contribution >= 4 is 0 Å². The number of ether oxygens (including phenoxy) is 1. The number of methoxy groups -OCH3 is 1. The minimum atomic E-state index is -0.218. The van der Waals surface area contributed by atoms with Crippen LogP contribution in [0.25, 0.3) is 0 Å². The van der Waals surface area contributed by atoms with Crippen LogP contribution in [0.5, 0.6) is 0 Å². The van der Waals surface area contributed by atoms with Crippen molar-refractivity contribution in [3.63, 3.8) is 0 Å². The number of aliphatic hydroxyl groups is 1. The smallest absolute Gasteiger partial charge is 0.0756 e. The summed E-state index contributed by atoms with van der Waals surface area (Å²) in [4.78, 5) is 0. The second kappa shape index (κ2) is 6.02. The second-order valence-electron chi connectivity index (χ2n) is 6.44. The number of aliphatic hydroxyl groups excluding tert-OH is 1. The van der Waals surface area contributed by atoms with E-state index in [1.807, 2.05) is 0 Å². The lowest BCUT2D eigenvalue weighted by Gasteiger charge is -2.47. The van der Waals surface area contributed by atoms with Crippen LogP contribution in [0.15, 0.2) is 0 Å². The molecule has 0 unspecified atom stereocenters. The lowest BCUT2D eigenvalue weighted by atomic mass is 9.67. The van der Waals surface area contributed by atoms with Crippen molar-refractivity contribution in [3.05, 3.63) is 0 Å². The van der Waals surface area contributed by atoms with Crippen molar-refractivity contribution in [2.75, 3.05) is 13.7 Å². The van der Waals surface area contributed by atoms with E-state index in [0.717, 1.165) is 12.8 Å². The Balaban J connectivity index is 5.10. The van der Waals surface area contributed by atoms with Crippen molar-refractivity contribution < 1.29 is 9.84 Å². The highest BCUT2D eigenvalue weighted by molar-refractivity contribution is 4.95. The Hall–Kier alpha value is -0.0800. The summed E-state index contributed by atoms with van der Waals surface area (Å²) in [7, 11) is 1.78. The Morgan fingerprint density at radius 2 is 1.38 bits per heavy atom. The second-order valence-corrected chi connectivity index (χ2v) is 6.44. The van der Waals surface area contributed by atoms with Gasteiger partial charge in [-0.25, -0.2) is 0 Å². The van der Waals surface area contributed by atoms with Crippen LogP contribution in [0.3, 0.4) is 0 Å². The van der Waals surface area contributed by atoms with Gasteiger partial charge in [0.1, 0.15) is 0 Å². The lowest BCUT2D eigenvalue weighted by molar-refractivity contribution is -0.140. The number of hydrogen-bond acceptors (Lipinski definition) is 2. The zero-order valence-corrected chi connectivity index (χ0v) is 12.1. The first-order chi connectivity index (χ1) is 7.20. The average molecular weight is 230 g/mol. The maximum Gasteiger partial charge on any atom is 0.0756 e. The standard InChI is InChI=1S/C14H30O2/c1-11(2)8-14(16-7,9-12(3)4)13(5,6)10-15/h11-12,15H,8-10H2,1-7H3. The van der Waals surface area contributed by atoms with Crippen LogP contribution in [-0.2, 0) is 4.74 Å². The van der Waals surface area contributed by atoms with Crippen molar-refractivity contribution in [2.45, 2.75) is 60.0 Å². The van der Waals surface area contributed by atoms with Gasteiger partial charge in [0.25, 0.3) is 0 Å². The maximum absolute atomic E-state index is 9.61. The van der Waals surface area contributed by atoms with E-state index in [0.29, 0.717) is 11.8 Å². The molecule has 16 heavy (non-hydrogen) atoms. The summed E-state index contributed by atoms with van der Waals surface area (Å²) in [5, 5.41) is 9.61. The summed E-state index contributed by atoms with van der Waals surface area (Å²) in [5.41, 5.74) is -0.416. The molecule has 0 atom stereocenters. The molecule has 98 valence electrons. The molecule has 1 N–H and O–H groups in total. The third-order valence-electron chi connectivity index (χ3n) is 3.50. The predicted octanol–water partition coefficient (Wildman–Crippen LogP) is 3.48. The third kappa shape index (κ3) is 3.74. The van der Waals surface area contributed by atoms with Gasteiger partial charge in [-0.15, -0.1) is 0 Å². The molecule has 0 saturated heterocycles. The number of hydrogen-bond donors (Lipinski definition) is 1. The Morgan fingerprint density at radius 3 is 1.56 bits per heavy atom. The normalized spacial score (nSPS) is 13.9. The van der Waals surface area contributed by atoms with E-state index in [-0.39, 0.29) is 17.6 Å². The van der Waals surface area contributed by atoms with Crippen molar-refractivity contribution in [1.29, 1.82) is 0 Å². The first-order valence-corrected chi connectivity index (χ1v) is 6.37. The van der Waals surface area contributed by atoms with Gasteiger partial charge in [-0.3, -0.25) is 0 Å². The molecule has 0 aromatic heterocycles. The summed E-state index contributed by atoms with van der Waals surface area (Å²) in [6, 6.07) is 0.